The number of carbonyl (C=O) groups excluding carboxylic acids is 2. The molecule has 2 aromatic rings. The topological polar surface area (TPSA) is 72.0 Å². The highest BCUT2D eigenvalue weighted by atomic mass is 16.5. The number of carbonyl (C=O) groups is 2. The number of ether oxygens (including phenoxy) is 2. The van der Waals surface area contributed by atoms with E-state index < -0.39 is 0 Å². The minimum absolute atomic E-state index is 0.107. The van der Waals surface area contributed by atoms with Gasteiger partial charge in [-0.15, -0.1) is 0 Å². The van der Waals surface area contributed by atoms with Crippen molar-refractivity contribution in [3.8, 4) is 22.5 Å². The van der Waals surface area contributed by atoms with Crippen LogP contribution >= 0.6 is 0 Å². The maximum Gasteiger partial charge on any atom is 0.338 e. The molecule has 8 nitrogen and oxygen atoms in total. The van der Waals surface area contributed by atoms with Crippen molar-refractivity contribution in [2.24, 2.45) is 17.8 Å². The molecule has 3 aliphatic rings. The Balaban J connectivity index is 1.26. The van der Waals surface area contributed by atoms with Gasteiger partial charge in [0.25, 0.3) is 0 Å². The molecule has 8 heteroatoms. The Bertz CT molecular complexity index is 1870. The number of unbranched alkanes of at least 4 members (excludes halogenated alkanes) is 1. The first-order chi connectivity index (χ1) is 25.0. The van der Waals surface area contributed by atoms with Gasteiger partial charge in [0.05, 0.1) is 57.9 Å². The lowest BCUT2D eigenvalue weighted by atomic mass is 9.87. The summed E-state index contributed by atoms with van der Waals surface area (Å²) in [5.41, 5.74) is 5.06. The number of esters is 2. The fourth-order valence-corrected chi connectivity index (χ4v) is 8.02. The average Bonchev–Trinajstić information content (AvgIpc) is 3.46. The zero-order valence-electron chi connectivity index (χ0n) is 32.9. The summed E-state index contributed by atoms with van der Waals surface area (Å²) in [6.07, 6.45) is 4.39. The van der Waals surface area contributed by atoms with Crippen LogP contribution in [0.3, 0.4) is 0 Å². The van der Waals surface area contributed by atoms with Gasteiger partial charge in [0.1, 0.15) is 24.9 Å². The van der Waals surface area contributed by atoms with Crippen molar-refractivity contribution < 1.29 is 28.0 Å². The predicted octanol–water partition coefficient (Wildman–Crippen LogP) is 8.10. The molecule has 3 atom stereocenters. The molecule has 2 heterocycles. The standard InChI is InChI=1S/C44H61N3O5/c1-9-32-29-47(7,8)30-33(32)20-19-31(5)43(48)50-25-15-16-26-51-44(49)37-18-14-13-17-36(37)42-38-23-21-34(45(6)10-2)27-40(38)52-41-28-35(22-24-39(41)42)46(11-3)12-4/h13-14,17-18,21-24,27-28,31-33H,9-12,15-16,19-20,25-26,29-30H2,1-8H3/q+2. The van der Waals surface area contributed by atoms with Gasteiger partial charge in [-0.1, -0.05) is 32.0 Å². The van der Waals surface area contributed by atoms with E-state index in [2.05, 4.69) is 94.7 Å². The molecule has 1 fully saturated rings. The van der Waals surface area contributed by atoms with Gasteiger partial charge in [0.15, 0.2) is 0 Å². The summed E-state index contributed by atoms with van der Waals surface area (Å²) in [5, 5.41) is 2.00. The van der Waals surface area contributed by atoms with Crippen LogP contribution in [-0.2, 0) is 14.3 Å². The van der Waals surface area contributed by atoms with E-state index in [1.807, 2.05) is 31.2 Å². The van der Waals surface area contributed by atoms with Crippen LogP contribution in [0.15, 0.2) is 65.1 Å². The molecule has 0 spiro atoms. The Morgan fingerprint density at radius 2 is 1.62 bits per heavy atom. The lowest BCUT2D eigenvalue weighted by Crippen LogP contribution is -2.37. The van der Waals surface area contributed by atoms with Gasteiger partial charge in [-0.05, 0) is 82.7 Å². The van der Waals surface area contributed by atoms with Crippen molar-refractivity contribution in [2.75, 3.05) is 72.0 Å². The number of benzene rings is 3. The molecule has 1 aliphatic carbocycles. The average molecular weight is 712 g/mol. The van der Waals surface area contributed by atoms with Gasteiger partial charge in [-0.25, -0.2) is 9.37 Å². The van der Waals surface area contributed by atoms with E-state index in [9.17, 15) is 9.59 Å². The lowest BCUT2D eigenvalue weighted by molar-refractivity contribution is -0.880. The molecule has 3 unspecified atom stereocenters. The Morgan fingerprint density at radius 1 is 0.904 bits per heavy atom. The molecule has 0 N–H and O–H groups in total. The second kappa shape index (κ2) is 17.6. The molecule has 2 aromatic carbocycles. The van der Waals surface area contributed by atoms with Gasteiger partial charge < -0.3 is 23.3 Å². The number of likely N-dealkylation sites (tertiary alicyclic amines) is 1. The molecule has 0 saturated carbocycles. The summed E-state index contributed by atoms with van der Waals surface area (Å²) in [6.45, 7) is 16.3. The van der Waals surface area contributed by atoms with Crippen LogP contribution in [0.4, 0.5) is 5.69 Å². The zero-order chi connectivity index (χ0) is 37.4. The van der Waals surface area contributed by atoms with Crippen molar-refractivity contribution in [3.05, 3.63) is 71.6 Å². The minimum Gasteiger partial charge on any atom is -0.465 e. The third kappa shape index (κ3) is 9.06. The van der Waals surface area contributed by atoms with Gasteiger partial charge >= 0.3 is 11.9 Å². The van der Waals surface area contributed by atoms with Crippen molar-refractivity contribution in [2.45, 2.75) is 66.7 Å². The van der Waals surface area contributed by atoms with Crippen LogP contribution in [-0.4, -0.2) is 83.5 Å². The Labute approximate surface area is 311 Å². The van der Waals surface area contributed by atoms with Crippen LogP contribution in [0, 0.1) is 17.8 Å². The molecule has 0 bridgehead atoms. The van der Waals surface area contributed by atoms with E-state index in [1.54, 1.807) is 0 Å². The molecular weight excluding hydrogens is 650 g/mol. The van der Waals surface area contributed by atoms with Gasteiger partial charge in [-0.2, -0.15) is 0 Å². The Kier molecular flexibility index (Phi) is 13.2. The number of rotatable bonds is 16. The van der Waals surface area contributed by atoms with E-state index >= 15 is 0 Å². The van der Waals surface area contributed by atoms with Crippen molar-refractivity contribution in [1.82, 2.24) is 4.58 Å². The van der Waals surface area contributed by atoms with Gasteiger partial charge in [0, 0.05) is 59.3 Å². The maximum atomic E-state index is 13.7. The maximum absolute atomic E-state index is 13.7. The quantitative estimate of drug-likeness (QED) is 0.0385. The number of anilines is 1. The fraction of sp³-hybridized carbons (Fsp3) is 0.523. The molecule has 1 saturated heterocycles. The van der Waals surface area contributed by atoms with E-state index in [1.165, 1.54) is 19.5 Å². The molecule has 2 aliphatic heterocycles. The monoisotopic (exact) mass is 711 g/mol. The van der Waals surface area contributed by atoms with Crippen molar-refractivity contribution in [3.63, 3.8) is 0 Å². The summed E-state index contributed by atoms with van der Waals surface area (Å²) in [4.78, 5) is 28.7. The summed E-state index contributed by atoms with van der Waals surface area (Å²) in [5.74, 6) is 1.57. The van der Waals surface area contributed by atoms with E-state index in [4.69, 9.17) is 13.9 Å². The lowest BCUT2D eigenvalue weighted by Gasteiger charge is -2.23. The molecule has 280 valence electrons. The first-order valence-corrected chi connectivity index (χ1v) is 19.5. The number of nitrogens with zero attached hydrogens (tertiary/aromatic N) is 3. The molecule has 0 radical (unpaired) electrons. The highest BCUT2D eigenvalue weighted by molar-refractivity contribution is 6.08. The molecule has 5 rings (SSSR count). The van der Waals surface area contributed by atoms with Crippen LogP contribution in [0.25, 0.3) is 33.4 Å². The molecular formula is C44H61N3O5+2. The van der Waals surface area contributed by atoms with Gasteiger partial charge in [-0.3, -0.25) is 4.79 Å². The van der Waals surface area contributed by atoms with Crippen molar-refractivity contribution in [1.29, 1.82) is 0 Å². The summed E-state index contributed by atoms with van der Waals surface area (Å²) < 4.78 is 21.3. The second-order valence-corrected chi connectivity index (χ2v) is 15.3. The summed E-state index contributed by atoms with van der Waals surface area (Å²) in [7, 11) is 6.68. The first-order valence-electron chi connectivity index (χ1n) is 19.5. The second-order valence-electron chi connectivity index (χ2n) is 15.3. The van der Waals surface area contributed by atoms with Crippen LogP contribution < -0.4 is 14.8 Å². The first kappa shape index (κ1) is 39.0. The predicted molar refractivity (Wildman–Crippen MR) is 212 cm³/mol. The third-order valence-electron chi connectivity index (χ3n) is 11.2. The van der Waals surface area contributed by atoms with E-state index in [0.29, 0.717) is 30.9 Å². The normalized spacial score (nSPS) is 18.0. The molecule has 0 aromatic heterocycles. The molecule has 52 heavy (non-hydrogen) atoms. The Hall–Kier alpha value is -4.17. The zero-order valence-corrected chi connectivity index (χ0v) is 32.9. The van der Waals surface area contributed by atoms with Gasteiger partial charge in [0.2, 0.25) is 5.36 Å². The number of hydrogen-bond acceptors (Lipinski definition) is 6. The van der Waals surface area contributed by atoms with Crippen LogP contribution in [0.2, 0.25) is 0 Å². The summed E-state index contributed by atoms with van der Waals surface area (Å²) in [6, 6.07) is 20.3. The van der Waals surface area contributed by atoms with E-state index in [0.717, 1.165) is 87.3 Å². The summed E-state index contributed by atoms with van der Waals surface area (Å²) >= 11 is 0. The van der Waals surface area contributed by atoms with Crippen LogP contribution in [0.5, 0.6) is 0 Å². The Morgan fingerprint density at radius 3 is 2.33 bits per heavy atom. The van der Waals surface area contributed by atoms with Crippen molar-refractivity contribution >= 4 is 28.6 Å². The number of hydrogen-bond donors (Lipinski definition) is 0. The minimum atomic E-state index is -0.371. The largest absolute Gasteiger partial charge is 0.465 e. The highest BCUT2D eigenvalue weighted by Gasteiger charge is 2.39. The van der Waals surface area contributed by atoms with E-state index in [-0.39, 0.29) is 24.5 Å². The smallest absolute Gasteiger partial charge is 0.338 e. The third-order valence-corrected chi connectivity index (χ3v) is 11.2. The number of quaternary nitrogens is 1. The SMILES string of the molecule is CCC1C[N+](C)(C)CC1CCC(C)C(=O)OCCCCOC(=O)c1ccccc1-c1c2ccc(=[N+](C)CC)cc-2oc2cc(N(CC)CC)ccc12. The fourth-order valence-electron chi connectivity index (χ4n) is 8.02. The highest BCUT2D eigenvalue weighted by Crippen LogP contribution is 2.42. The molecule has 0 amide bonds. The number of fused-ring (bicyclic) bond motifs is 2. The van der Waals surface area contributed by atoms with Crippen LogP contribution in [0.1, 0.15) is 77.1 Å².